The molecule has 1 saturated heterocycles. The van der Waals surface area contributed by atoms with Crippen molar-refractivity contribution in [2.45, 2.75) is 13.0 Å². The molecule has 0 aromatic heterocycles. The van der Waals surface area contributed by atoms with Gasteiger partial charge in [-0.2, -0.15) is 0 Å². The number of rotatable bonds is 2. The van der Waals surface area contributed by atoms with Crippen LogP contribution < -0.4 is 9.64 Å². The Hall–Kier alpha value is -2.86. The van der Waals surface area contributed by atoms with E-state index in [1.807, 2.05) is 43.3 Å². The molecule has 0 saturated carbocycles. The highest BCUT2D eigenvalue weighted by molar-refractivity contribution is 6.08. The molecule has 6 nitrogen and oxygen atoms in total. The quantitative estimate of drug-likeness (QED) is 0.818. The number of carbonyl (C=O) groups is 2. The van der Waals surface area contributed by atoms with E-state index >= 15 is 0 Å². The van der Waals surface area contributed by atoms with E-state index in [0.717, 1.165) is 5.56 Å². The minimum absolute atomic E-state index is 0.102. The van der Waals surface area contributed by atoms with E-state index in [9.17, 15) is 9.59 Å². The molecule has 4 rings (SSSR count). The number of nitrogens with zero attached hydrogens (tertiary/aromatic N) is 2. The Morgan fingerprint density at radius 3 is 2.59 bits per heavy atom. The lowest BCUT2D eigenvalue weighted by molar-refractivity contribution is -0.142. The molecule has 1 fully saturated rings. The Morgan fingerprint density at radius 1 is 1.04 bits per heavy atom. The molecule has 2 aromatic rings. The van der Waals surface area contributed by atoms with E-state index in [2.05, 4.69) is 0 Å². The van der Waals surface area contributed by atoms with Crippen LogP contribution in [-0.2, 0) is 9.53 Å². The van der Waals surface area contributed by atoms with Crippen LogP contribution in [0.25, 0.3) is 0 Å². The zero-order valence-electron chi connectivity index (χ0n) is 15.3. The molecule has 0 spiro atoms. The van der Waals surface area contributed by atoms with Crippen molar-refractivity contribution in [3.8, 4) is 5.75 Å². The van der Waals surface area contributed by atoms with Gasteiger partial charge < -0.3 is 19.3 Å². The molecule has 2 aromatic carbocycles. The molecule has 27 heavy (non-hydrogen) atoms. The lowest BCUT2D eigenvalue weighted by atomic mass is 10.1. The first-order valence-corrected chi connectivity index (χ1v) is 9.14. The van der Waals surface area contributed by atoms with Gasteiger partial charge in [-0.3, -0.25) is 9.59 Å². The third-order valence-corrected chi connectivity index (χ3v) is 4.88. The first-order chi connectivity index (χ1) is 13.1. The summed E-state index contributed by atoms with van der Waals surface area (Å²) in [7, 11) is 0. The van der Waals surface area contributed by atoms with Crippen LogP contribution in [0.15, 0.2) is 48.5 Å². The van der Waals surface area contributed by atoms with Gasteiger partial charge in [-0.05, 0) is 31.2 Å². The van der Waals surface area contributed by atoms with E-state index in [1.54, 1.807) is 21.9 Å². The van der Waals surface area contributed by atoms with Crippen molar-refractivity contribution in [2.24, 2.45) is 0 Å². The molecule has 2 aliphatic heterocycles. The molecular formula is C21H22N2O4. The van der Waals surface area contributed by atoms with E-state index in [4.69, 9.17) is 9.47 Å². The Morgan fingerprint density at radius 2 is 1.81 bits per heavy atom. The maximum Gasteiger partial charge on any atom is 0.265 e. The fourth-order valence-corrected chi connectivity index (χ4v) is 3.48. The van der Waals surface area contributed by atoms with Crippen molar-refractivity contribution in [1.29, 1.82) is 0 Å². The van der Waals surface area contributed by atoms with Gasteiger partial charge in [-0.25, -0.2) is 0 Å². The van der Waals surface area contributed by atoms with Crippen LogP contribution in [0.1, 0.15) is 15.9 Å². The summed E-state index contributed by atoms with van der Waals surface area (Å²) in [5.41, 5.74) is 2.31. The van der Waals surface area contributed by atoms with Gasteiger partial charge >= 0.3 is 0 Å². The predicted octanol–water partition coefficient (Wildman–Crippen LogP) is 2.26. The molecule has 0 N–H and O–H groups in total. The second kappa shape index (κ2) is 7.40. The number of ether oxygens (including phenoxy) is 2. The molecule has 2 aliphatic rings. The number of hydrogen-bond acceptors (Lipinski definition) is 4. The molecule has 0 radical (unpaired) electrons. The molecule has 0 unspecified atom stereocenters. The SMILES string of the molecule is Cc1cccc(C(=O)N2C[C@@H](C(=O)N3CCOCC3)Oc3ccccc32)c1. The number of morpholine rings is 1. The van der Waals surface area contributed by atoms with Gasteiger partial charge in [-0.15, -0.1) is 0 Å². The Kier molecular flexibility index (Phi) is 4.81. The Bertz CT molecular complexity index is 861. The van der Waals surface area contributed by atoms with Crippen LogP contribution in [0.5, 0.6) is 5.75 Å². The van der Waals surface area contributed by atoms with Crippen molar-refractivity contribution in [2.75, 3.05) is 37.7 Å². The number of anilines is 1. The predicted molar refractivity (Wildman–Crippen MR) is 101 cm³/mol. The van der Waals surface area contributed by atoms with Gasteiger partial charge in [0.1, 0.15) is 5.75 Å². The normalized spacial score (nSPS) is 19.2. The van der Waals surface area contributed by atoms with Crippen LogP contribution in [0.2, 0.25) is 0 Å². The molecule has 1 atom stereocenters. The molecule has 2 heterocycles. The number of hydrogen-bond donors (Lipinski definition) is 0. The number of para-hydroxylation sites is 2. The average Bonchev–Trinajstić information content (AvgIpc) is 2.72. The first kappa shape index (κ1) is 17.5. The topological polar surface area (TPSA) is 59.1 Å². The van der Waals surface area contributed by atoms with E-state index < -0.39 is 6.10 Å². The van der Waals surface area contributed by atoms with Crippen LogP contribution in [0, 0.1) is 6.92 Å². The molecular weight excluding hydrogens is 344 g/mol. The number of benzene rings is 2. The highest BCUT2D eigenvalue weighted by Gasteiger charge is 2.36. The van der Waals surface area contributed by atoms with Crippen LogP contribution >= 0.6 is 0 Å². The number of aryl methyl sites for hydroxylation is 1. The summed E-state index contributed by atoms with van der Waals surface area (Å²) >= 11 is 0. The van der Waals surface area contributed by atoms with Crippen molar-refractivity contribution in [3.05, 3.63) is 59.7 Å². The fraction of sp³-hybridized carbons (Fsp3) is 0.333. The fourth-order valence-electron chi connectivity index (χ4n) is 3.48. The highest BCUT2D eigenvalue weighted by Crippen LogP contribution is 2.34. The van der Waals surface area contributed by atoms with Crippen LogP contribution in [0.3, 0.4) is 0 Å². The molecule has 2 amide bonds. The standard InChI is InChI=1S/C21H22N2O4/c1-15-5-4-6-16(13-15)20(24)23-14-19(21(25)22-9-11-26-12-10-22)27-18-8-3-2-7-17(18)23/h2-8,13,19H,9-12,14H2,1H3/t19-/m0/s1. The lowest BCUT2D eigenvalue weighted by Gasteiger charge is -2.37. The summed E-state index contributed by atoms with van der Waals surface area (Å²) in [5, 5.41) is 0. The third kappa shape index (κ3) is 3.53. The van der Waals surface area contributed by atoms with Crippen LogP contribution in [0.4, 0.5) is 5.69 Å². The van der Waals surface area contributed by atoms with Gasteiger partial charge in [0.2, 0.25) is 0 Å². The van der Waals surface area contributed by atoms with Crippen molar-refractivity contribution in [1.82, 2.24) is 4.90 Å². The second-order valence-electron chi connectivity index (χ2n) is 6.80. The number of amides is 2. The summed E-state index contributed by atoms with van der Waals surface area (Å²) in [5.74, 6) is 0.320. The van der Waals surface area contributed by atoms with Gasteiger partial charge in [-0.1, -0.05) is 29.8 Å². The zero-order chi connectivity index (χ0) is 18.8. The van der Waals surface area contributed by atoms with Crippen LogP contribution in [-0.4, -0.2) is 55.7 Å². The monoisotopic (exact) mass is 366 g/mol. The largest absolute Gasteiger partial charge is 0.476 e. The minimum atomic E-state index is -0.716. The molecule has 140 valence electrons. The summed E-state index contributed by atoms with van der Waals surface area (Å²) in [4.78, 5) is 29.5. The van der Waals surface area contributed by atoms with E-state index in [1.165, 1.54) is 0 Å². The zero-order valence-corrected chi connectivity index (χ0v) is 15.3. The lowest BCUT2D eigenvalue weighted by Crippen LogP contribution is -2.54. The molecule has 0 aliphatic carbocycles. The number of fused-ring (bicyclic) bond motifs is 1. The minimum Gasteiger partial charge on any atom is -0.476 e. The smallest absolute Gasteiger partial charge is 0.265 e. The molecule has 0 bridgehead atoms. The van der Waals surface area contributed by atoms with Crippen molar-refractivity contribution < 1.29 is 19.1 Å². The highest BCUT2D eigenvalue weighted by atomic mass is 16.5. The van der Waals surface area contributed by atoms with Gasteiger partial charge in [0.05, 0.1) is 25.4 Å². The summed E-state index contributed by atoms with van der Waals surface area (Å²) in [6.45, 7) is 4.30. The van der Waals surface area contributed by atoms with E-state index in [-0.39, 0.29) is 18.4 Å². The third-order valence-electron chi connectivity index (χ3n) is 4.88. The van der Waals surface area contributed by atoms with Gasteiger partial charge in [0.25, 0.3) is 11.8 Å². The van der Waals surface area contributed by atoms with E-state index in [0.29, 0.717) is 43.3 Å². The van der Waals surface area contributed by atoms with Gasteiger partial charge in [0, 0.05) is 18.7 Å². The van der Waals surface area contributed by atoms with Crippen molar-refractivity contribution in [3.63, 3.8) is 0 Å². The second-order valence-corrected chi connectivity index (χ2v) is 6.80. The summed E-state index contributed by atoms with van der Waals surface area (Å²) < 4.78 is 11.3. The maximum absolute atomic E-state index is 13.2. The first-order valence-electron chi connectivity index (χ1n) is 9.14. The Balaban J connectivity index is 1.64. The summed E-state index contributed by atoms with van der Waals surface area (Å²) in [6, 6.07) is 14.8. The van der Waals surface area contributed by atoms with Gasteiger partial charge in [0.15, 0.2) is 6.10 Å². The Labute approximate surface area is 158 Å². The maximum atomic E-state index is 13.2. The number of carbonyl (C=O) groups excluding carboxylic acids is 2. The summed E-state index contributed by atoms with van der Waals surface area (Å²) in [6.07, 6.45) is -0.716. The molecule has 6 heteroatoms. The average molecular weight is 366 g/mol. The van der Waals surface area contributed by atoms with Crippen molar-refractivity contribution >= 4 is 17.5 Å².